The standard InChI is InChI=1S/C23H40N4/c1-19-14-20(2)22(15-21(19)16-26-12-10-25(5)11-13-26)17-27-9-7-6-8-23(18-27)24(3)4/h14-15,23H,6-13,16-18H2,1-5H3/t23-/m0/s1. The number of piperazine rings is 1. The topological polar surface area (TPSA) is 13.0 Å². The van der Waals surface area contributed by atoms with Gasteiger partial charge in [-0.2, -0.15) is 0 Å². The number of likely N-dealkylation sites (N-methyl/N-ethyl adjacent to an activating group) is 2. The van der Waals surface area contributed by atoms with Gasteiger partial charge in [-0.1, -0.05) is 18.6 Å². The van der Waals surface area contributed by atoms with Crippen LogP contribution in [0, 0.1) is 13.8 Å². The number of aryl methyl sites for hydroxylation is 2. The van der Waals surface area contributed by atoms with Gasteiger partial charge < -0.3 is 9.80 Å². The third-order valence-electron chi connectivity index (χ3n) is 6.64. The fourth-order valence-electron chi connectivity index (χ4n) is 4.54. The van der Waals surface area contributed by atoms with Gasteiger partial charge >= 0.3 is 0 Å². The lowest BCUT2D eigenvalue weighted by Gasteiger charge is -2.33. The van der Waals surface area contributed by atoms with E-state index >= 15 is 0 Å². The molecule has 3 rings (SSSR count). The minimum atomic E-state index is 0.697. The molecule has 0 saturated carbocycles. The van der Waals surface area contributed by atoms with Crippen LogP contribution in [0.1, 0.15) is 41.5 Å². The van der Waals surface area contributed by atoms with Gasteiger partial charge in [0, 0.05) is 51.9 Å². The highest BCUT2D eigenvalue weighted by molar-refractivity contribution is 5.37. The Morgan fingerprint density at radius 1 is 0.852 bits per heavy atom. The van der Waals surface area contributed by atoms with Gasteiger partial charge in [0.1, 0.15) is 0 Å². The number of nitrogens with zero attached hydrogens (tertiary/aromatic N) is 4. The quantitative estimate of drug-likeness (QED) is 0.788. The third-order valence-corrected chi connectivity index (χ3v) is 6.64. The molecule has 2 aliphatic rings. The van der Waals surface area contributed by atoms with Crippen molar-refractivity contribution in [1.29, 1.82) is 0 Å². The van der Waals surface area contributed by atoms with E-state index < -0.39 is 0 Å². The molecule has 0 unspecified atom stereocenters. The van der Waals surface area contributed by atoms with Gasteiger partial charge in [0.2, 0.25) is 0 Å². The lowest BCUT2D eigenvalue weighted by Crippen LogP contribution is -2.44. The summed E-state index contributed by atoms with van der Waals surface area (Å²) >= 11 is 0. The maximum Gasteiger partial charge on any atom is 0.0237 e. The Morgan fingerprint density at radius 3 is 2.11 bits per heavy atom. The minimum absolute atomic E-state index is 0.697. The lowest BCUT2D eigenvalue weighted by molar-refractivity contribution is 0.148. The number of likely N-dealkylation sites (tertiary alicyclic amines) is 1. The van der Waals surface area contributed by atoms with Crippen molar-refractivity contribution in [1.82, 2.24) is 19.6 Å². The molecule has 27 heavy (non-hydrogen) atoms. The van der Waals surface area contributed by atoms with E-state index in [1.807, 2.05) is 0 Å². The monoisotopic (exact) mass is 372 g/mol. The second-order valence-electron chi connectivity index (χ2n) is 9.13. The first kappa shape index (κ1) is 20.8. The second-order valence-corrected chi connectivity index (χ2v) is 9.13. The number of benzene rings is 1. The maximum atomic E-state index is 2.69. The summed E-state index contributed by atoms with van der Waals surface area (Å²) in [5.41, 5.74) is 5.97. The molecule has 0 radical (unpaired) electrons. The van der Waals surface area contributed by atoms with Crippen LogP contribution in [0.3, 0.4) is 0 Å². The fraction of sp³-hybridized carbons (Fsp3) is 0.739. The van der Waals surface area contributed by atoms with Crippen LogP contribution >= 0.6 is 0 Å². The van der Waals surface area contributed by atoms with Crippen LogP contribution in [-0.2, 0) is 13.1 Å². The zero-order valence-electron chi connectivity index (χ0n) is 18.3. The number of hydrogen-bond donors (Lipinski definition) is 0. The van der Waals surface area contributed by atoms with Crippen LogP contribution in [0.5, 0.6) is 0 Å². The SMILES string of the molecule is Cc1cc(C)c(CN2CCCC[C@H](N(C)C)C2)cc1CN1CCN(C)CC1. The molecule has 0 aliphatic carbocycles. The fourth-order valence-corrected chi connectivity index (χ4v) is 4.54. The van der Waals surface area contributed by atoms with Gasteiger partial charge in [0.15, 0.2) is 0 Å². The van der Waals surface area contributed by atoms with Crippen molar-refractivity contribution in [3.05, 3.63) is 34.4 Å². The summed E-state index contributed by atoms with van der Waals surface area (Å²) in [5, 5.41) is 0. The van der Waals surface area contributed by atoms with Gasteiger partial charge in [0.05, 0.1) is 0 Å². The van der Waals surface area contributed by atoms with E-state index in [1.165, 1.54) is 80.8 Å². The summed E-state index contributed by atoms with van der Waals surface area (Å²) in [7, 11) is 6.70. The first-order chi connectivity index (χ1) is 12.9. The minimum Gasteiger partial charge on any atom is -0.305 e. The van der Waals surface area contributed by atoms with E-state index in [9.17, 15) is 0 Å². The summed E-state index contributed by atoms with van der Waals surface area (Å²) < 4.78 is 0. The molecule has 0 N–H and O–H groups in total. The molecule has 0 amide bonds. The highest BCUT2D eigenvalue weighted by Crippen LogP contribution is 2.22. The normalized spacial score (nSPS) is 23.7. The van der Waals surface area contributed by atoms with Crippen molar-refractivity contribution in [2.24, 2.45) is 0 Å². The Labute approximate surface area is 167 Å². The smallest absolute Gasteiger partial charge is 0.0237 e. The molecule has 0 aromatic heterocycles. The summed E-state index contributed by atoms with van der Waals surface area (Å²) in [6.07, 6.45) is 4.04. The highest BCUT2D eigenvalue weighted by Gasteiger charge is 2.21. The first-order valence-corrected chi connectivity index (χ1v) is 10.8. The van der Waals surface area contributed by atoms with E-state index in [4.69, 9.17) is 0 Å². The molecule has 4 heteroatoms. The van der Waals surface area contributed by atoms with Crippen LogP contribution in [0.4, 0.5) is 0 Å². The summed E-state index contributed by atoms with van der Waals surface area (Å²) in [5.74, 6) is 0. The van der Waals surface area contributed by atoms with Crippen molar-refractivity contribution < 1.29 is 0 Å². The predicted molar refractivity (Wildman–Crippen MR) is 115 cm³/mol. The van der Waals surface area contributed by atoms with Gasteiger partial charge in [-0.15, -0.1) is 0 Å². The van der Waals surface area contributed by atoms with E-state index in [0.717, 1.165) is 13.1 Å². The summed E-state index contributed by atoms with van der Waals surface area (Å²) in [6, 6.07) is 5.63. The molecule has 2 saturated heterocycles. The Bertz CT molecular complexity index is 605. The predicted octanol–water partition coefficient (Wildman–Crippen LogP) is 2.97. The van der Waals surface area contributed by atoms with Crippen molar-refractivity contribution in [2.75, 3.05) is 60.4 Å². The maximum absolute atomic E-state index is 2.69. The van der Waals surface area contributed by atoms with Gasteiger partial charge in [-0.3, -0.25) is 9.80 Å². The van der Waals surface area contributed by atoms with Gasteiger partial charge in [-0.25, -0.2) is 0 Å². The second kappa shape index (κ2) is 9.51. The third kappa shape index (κ3) is 5.77. The van der Waals surface area contributed by atoms with E-state index in [1.54, 1.807) is 0 Å². The molecule has 0 bridgehead atoms. The molecule has 2 aliphatic heterocycles. The van der Waals surface area contributed by atoms with Crippen LogP contribution < -0.4 is 0 Å². The van der Waals surface area contributed by atoms with Crippen LogP contribution in [0.2, 0.25) is 0 Å². The molecule has 1 aromatic rings. The highest BCUT2D eigenvalue weighted by atomic mass is 15.2. The molecule has 0 spiro atoms. The van der Waals surface area contributed by atoms with Crippen molar-refractivity contribution in [2.45, 2.75) is 52.2 Å². The van der Waals surface area contributed by atoms with Gasteiger partial charge in [0.25, 0.3) is 0 Å². The molecule has 152 valence electrons. The molecule has 2 heterocycles. The zero-order chi connectivity index (χ0) is 19.4. The molecular weight excluding hydrogens is 332 g/mol. The molecular formula is C23H40N4. The molecule has 1 atom stereocenters. The Hall–Kier alpha value is -0.940. The number of rotatable bonds is 5. The van der Waals surface area contributed by atoms with E-state index in [-0.39, 0.29) is 0 Å². The number of hydrogen-bond acceptors (Lipinski definition) is 4. The Balaban J connectivity index is 1.69. The van der Waals surface area contributed by atoms with Crippen LogP contribution in [0.25, 0.3) is 0 Å². The molecule has 4 nitrogen and oxygen atoms in total. The zero-order valence-corrected chi connectivity index (χ0v) is 18.3. The van der Waals surface area contributed by atoms with Crippen molar-refractivity contribution in [3.63, 3.8) is 0 Å². The lowest BCUT2D eigenvalue weighted by atomic mass is 9.98. The van der Waals surface area contributed by atoms with Crippen LogP contribution in [0.15, 0.2) is 12.1 Å². The summed E-state index contributed by atoms with van der Waals surface area (Å²) in [4.78, 5) is 10.2. The first-order valence-electron chi connectivity index (χ1n) is 10.8. The van der Waals surface area contributed by atoms with Crippen molar-refractivity contribution >= 4 is 0 Å². The average Bonchev–Trinajstić information content (AvgIpc) is 2.87. The van der Waals surface area contributed by atoms with Gasteiger partial charge in [-0.05, 0) is 76.6 Å². The average molecular weight is 373 g/mol. The Morgan fingerprint density at radius 2 is 1.48 bits per heavy atom. The molecule has 2 fully saturated rings. The van der Waals surface area contributed by atoms with E-state index in [0.29, 0.717) is 6.04 Å². The summed E-state index contributed by atoms with van der Waals surface area (Å²) in [6.45, 7) is 14.0. The van der Waals surface area contributed by atoms with E-state index in [2.05, 4.69) is 66.7 Å². The molecule has 1 aromatic carbocycles. The largest absolute Gasteiger partial charge is 0.305 e. The Kier molecular flexibility index (Phi) is 7.32. The van der Waals surface area contributed by atoms with Crippen LogP contribution in [-0.4, -0.2) is 86.1 Å². The van der Waals surface area contributed by atoms with Crippen molar-refractivity contribution in [3.8, 4) is 0 Å².